The molecule has 0 bridgehead atoms. The van der Waals surface area contributed by atoms with Crippen molar-refractivity contribution in [1.29, 1.82) is 0 Å². The highest BCUT2D eigenvalue weighted by atomic mass is 19.1. The number of nitrogens with zero attached hydrogens (tertiary/aromatic N) is 4. The normalized spacial score (nSPS) is 24.0. The molecule has 0 saturated carbocycles. The molecule has 0 amide bonds. The lowest BCUT2D eigenvalue weighted by atomic mass is 9.91. The monoisotopic (exact) mass is 464 g/mol. The number of anilines is 1. The largest absolute Gasteiger partial charge is 0.493 e. The Bertz CT molecular complexity index is 1130. The Balaban J connectivity index is 1.02. The van der Waals surface area contributed by atoms with Gasteiger partial charge in [-0.15, -0.1) is 0 Å². The van der Waals surface area contributed by atoms with Gasteiger partial charge in [0.2, 0.25) is 0 Å². The van der Waals surface area contributed by atoms with E-state index in [1.165, 1.54) is 50.0 Å². The third kappa shape index (κ3) is 4.64. The van der Waals surface area contributed by atoms with Crippen LogP contribution in [-0.4, -0.2) is 66.9 Å². The zero-order valence-corrected chi connectivity index (χ0v) is 19.7. The van der Waals surface area contributed by atoms with Crippen molar-refractivity contribution < 1.29 is 13.7 Å². The summed E-state index contributed by atoms with van der Waals surface area (Å²) in [5.41, 5.74) is 1.87. The smallest absolute Gasteiger partial charge is 0.180 e. The van der Waals surface area contributed by atoms with Crippen molar-refractivity contribution in [2.24, 2.45) is 5.92 Å². The zero-order chi connectivity index (χ0) is 22.9. The highest BCUT2D eigenvalue weighted by Gasteiger charge is 2.34. The number of halogens is 1. The SMILES string of the molecule is Fc1ccc2c(N3CCN4CC(COc5cccc(CN6CCCC6)c5)CCC4C3)noc2c1. The Kier molecular flexibility index (Phi) is 6.14. The first-order valence-electron chi connectivity index (χ1n) is 12.7. The van der Waals surface area contributed by atoms with Gasteiger partial charge in [-0.3, -0.25) is 9.80 Å². The molecule has 6 nitrogen and oxygen atoms in total. The predicted molar refractivity (Wildman–Crippen MR) is 131 cm³/mol. The molecule has 180 valence electrons. The minimum absolute atomic E-state index is 0.293. The van der Waals surface area contributed by atoms with Gasteiger partial charge in [-0.1, -0.05) is 17.3 Å². The van der Waals surface area contributed by atoms with Crippen molar-refractivity contribution in [3.05, 3.63) is 53.8 Å². The molecular weight excluding hydrogens is 431 g/mol. The van der Waals surface area contributed by atoms with Crippen LogP contribution in [0.25, 0.3) is 11.0 Å². The maximum Gasteiger partial charge on any atom is 0.180 e. The lowest BCUT2D eigenvalue weighted by molar-refractivity contribution is 0.0726. The molecule has 6 rings (SSSR count). The van der Waals surface area contributed by atoms with Crippen molar-refractivity contribution in [2.75, 3.05) is 50.8 Å². The molecule has 0 spiro atoms. The predicted octanol–water partition coefficient (Wildman–Crippen LogP) is 4.54. The van der Waals surface area contributed by atoms with Gasteiger partial charge in [0.05, 0.1) is 12.0 Å². The number of fused-ring (bicyclic) bond motifs is 2. The second-order valence-corrected chi connectivity index (χ2v) is 10.1. The summed E-state index contributed by atoms with van der Waals surface area (Å²) in [6.45, 7) is 8.16. The Hall–Kier alpha value is -2.64. The van der Waals surface area contributed by atoms with Crippen LogP contribution in [0.1, 0.15) is 31.2 Å². The quantitative estimate of drug-likeness (QED) is 0.534. The summed E-state index contributed by atoms with van der Waals surface area (Å²) in [5.74, 6) is 2.10. The van der Waals surface area contributed by atoms with Crippen LogP contribution in [0.3, 0.4) is 0 Å². The maximum atomic E-state index is 13.5. The second kappa shape index (κ2) is 9.55. The summed E-state index contributed by atoms with van der Waals surface area (Å²) in [4.78, 5) is 7.44. The number of rotatable bonds is 6. The van der Waals surface area contributed by atoms with Crippen LogP contribution in [0, 0.1) is 11.7 Å². The fraction of sp³-hybridized carbons (Fsp3) is 0.519. The minimum Gasteiger partial charge on any atom is -0.493 e. The van der Waals surface area contributed by atoms with Crippen molar-refractivity contribution >= 4 is 16.8 Å². The van der Waals surface area contributed by atoms with Crippen LogP contribution in [0.4, 0.5) is 10.2 Å². The van der Waals surface area contributed by atoms with Crippen LogP contribution in [0.15, 0.2) is 47.0 Å². The number of piperidine rings is 1. The molecule has 3 aromatic rings. The van der Waals surface area contributed by atoms with Crippen molar-refractivity contribution in [1.82, 2.24) is 15.0 Å². The van der Waals surface area contributed by atoms with Gasteiger partial charge in [-0.05, 0) is 68.6 Å². The van der Waals surface area contributed by atoms with Gasteiger partial charge in [0.1, 0.15) is 11.6 Å². The van der Waals surface area contributed by atoms with E-state index in [0.717, 1.165) is 62.7 Å². The number of benzene rings is 2. The Morgan fingerprint density at radius 2 is 1.91 bits per heavy atom. The number of aromatic nitrogens is 1. The number of piperazine rings is 1. The topological polar surface area (TPSA) is 45.0 Å². The Labute approximate surface area is 200 Å². The van der Waals surface area contributed by atoms with Crippen molar-refractivity contribution in [3.63, 3.8) is 0 Å². The molecular formula is C27H33FN4O2. The minimum atomic E-state index is -0.293. The molecule has 3 aliphatic rings. The highest BCUT2D eigenvalue weighted by molar-refractivity contribution is 5.88. The Morgan fingerprint density at radius 3 is 2.82 bits per heavy atom. The molecule has 2 atom stereocenters. The second-order valence-electron chi connectivity index (χ2n) is 10.1. The standard InChI is InChI=1S/C27H33FN4O2/c28-22-7-9-25-26(15-22)34-29-27(25)32-13-12-31-17-21(6-8-23(31)18-32)19-33-24-5-3-4-20(14-24)16-30-10-1-2-11-30/h3-5,7,9,14-15,21,23H,1-2,6,8,10-13,16-19H2. The fourth-order valence-electron chi connectivity index (χ4n) is 5.86. The van der Waals surface area contributed by atoms with E-state index in [9.17, 15) is 4.39 Å². The van der Waals surface area contributed by atoms with Crippen LogP contribution in [0.2, 0.25) is 0 Å². The molecule has 3 aliphatic heterocycles. The van der Waals surface area contributed by atoms with E-state index < -0.39 is 0 Å². The number of ether oxygens (including phenoxy) is 1. The lowest BCUT2D eigenvalue weighted by Gasteiger charge is -2.46. The van der Waals surface area contributed by atoms with E-state index in [1.807, 2.05) is 0 Å². The molecule has 0 N–H and O–H groups in total. The molecule has 3 saturated heterocycles. The third-order valence-corrected chi connectivity index (χ3v) is 7.71. The van der Waals surface area contributed by atoms with Gasteiger partial charge in [0, 0.05) is 50.7 Å². The molecule has 4 heterocycles. The van der Waals surface area contributed by atoms with E-state index >= 15 is 0 Å². The van der Waals surface area contributed by atoms with Gasteiger partial charge in [-0.2, -0.15) is 0 Å². The van der Waals surface area contributed by atoms with Crippen LogP contribution in [-0.2, 0) is 6.54 Å². The van der Waals surface area contributed by atoms with Crippen LogP contribution >= 0.6 is 0 Å². The average Bonchev–Trinajstić information content (AvgIpc) is 3.52. The van der Waals surface area contributed by atoms with Crippen molar-refractivity contribution in [3.8, 4) is 5.75 Å². The summed E-state index contributed by atoms with van der Waals surface area (Å²) in [5, 5.41) is 5.15. The molecule has 0 aliphatic carbocycles. The highest BCUT2D eigenvalue weighted by Crippen LogP contribution is 2.32. The molecule has 1 aromatic heterocycles. The molecule has 2 unspecified atom stereocenters. The molecule has 7 heteroatoms. The molecule has 3 fully saturated rings. The first-order chi connectivity index (χ1) is 16.7. The summed E-state index contributed by atoms with van der Waals surface area (Å²) in [6, 6.07) is 13.8. The van der Waals surface area contributed by atoms with E-state index in [4.69, 9.17) is 9.26 Å². The van der Waals surface area contributed by atoms with Crippen LogP contribution < -0.4 is 9.64 Å². The maximum absolute atomic E-state index is 13.5. The molecule has 2 aromatic carbocycles. The fourth-order valence-corrected chi connectivity index (χ4v) is 5.86. The van der Waals surface area contributed by atoms with E-state index in [1.54, 1.807) is 6.07 Å². The summed E-state index contributed by atoms with van der Waals surface area (Å²) >= 11 is 0. The number of hydrogen-bond acceptors (Lipinski definition) is 6. The van der Waals surface area contributed by atoms with Gasteiger partial charge < -0.3 is 14.2 Å². The summed E-state index contributed by atoms with van der Waals surface area (Å²) in [6.07, 6.45) is 4.97. The Morgan fingerprint density at radius 1 is 1.00 bits per heavy atom. The first kappa shape index (κ1) is 21.9. The molecule has 0 radical (unpaired) electrons. The lowest BCUT2D eigenvalue weighted by Crippen LogP contribution is -2.57. The van der Waals surface area contributed by atoms with Gasteiger partial charge in [-0.25, -0.2) is 4.39 Å². The number of hydrogen-bond donors (Lipinski definition) is 0. The van der Waals surface area contributed by atoms with Crippen LogP contribution in [0.5, 0.6) is 5.75 Å². The summed E-state index contributed by atoms with van der Waals surface area (Å²) in [7, 11) is 0. The van der Waals surface area contributed by atoms with E-state index in [2.05, 4.69) is 44.1 Å². The zero-order valence-electron chi connectivity index (χ0n) is 19.7. The average molecular weight is 465 g/mol. The first-order valence-corrected chi connectivity index (χ1v) is 12.7. The van der Waals surface area contributed by atoms with Gasteiger partial charge in [0.15, 0.2) is 11.4 Å². The molecule has 34 heavy (non-hydrogen) atoms. The summed E-state index contributed by atoms with van der Waals surface area (Å²) < 4.78 is 25.1. The van der Waals surface area contributed by atoms with Gasteiger partial charge >= 0.3 is 0 Å². The third-order valence-electron chi connectivity index (χ3n) is 7.71. The van der Waals surface area contributed by atoms with Crippen molar-refractivity contribution in [2.45, 2.75) is 38.3 Å². The number of likely N-dealkylation sites (tertiary alicyclic amines) is 1. The van der Waals surface area contributed by atoms with Gasteiger partial charge in [0.25, 0.3) is 0 Å². The van der Waals surface area contributed by atoms with E-state index in [-0.39, 0.29) is 5.82 Å². The van der Waals surface area contributed by atoms with E-state index in [0.29, 0.717) is 17.5 Å².